The molecular formula is C21H32O2. The topological polar surface area (TPSA) is 40.5 Å². The maximum absolute atomic E-state index is 9.98. The van der Waals surface area contributed by atoms with Crippen LogP contribution in [0.3, 0.4) is 0 Å². The maximum Gasteiger partial charge on any atom is 0.0809 e. The fourth-order valence-corrected chi connectivity index (χ4v) is 5.16. The molecule has 0 bridgehead atoms. The molecule has 23 heavy (non-hydrogen) atoms. The smallest absolute Gasteiger partial charge is 0.0809 e. The van der Waals surface area contributed by atoms with Crippen molar-refractivity contribution in [2.45, 2.75) is 71.0 Å². The van der Waals surface area contributed by atoms with Gasteiger partial charge < -0.3 is 10.2 Å². The Morgan fingerprint density at radius 1 is 1.04 bits per heavy atom. The standard InChI is InChI=1S/C21H32O2/c1-13(2)17-9-10-18-16(5-4-6-19(17)18)8-7-15-11-20(22)14(3)21(23)12-15/h7-8,13,17-23H,3-6,9-12H2,1-2H3/b16-8-/t17?,18?,19?,20-,21-/m1/s1. The van der Waals surface area contributed by atoms with E-state index < -0.39 is 12.2 Å². The number of fused-ring (bicyclic) bond motifs is 1. The lowest BCUT2D eigenvalue weighted by molar-refractivity contribution is 0.123. The van der Waals surface area contributed by atoms with E-state index in [4.69, 9.17) is 0 Å². The van der Waals surface area contributed by atoms with Crippen molar-refractivity contribution in [3.05, 3.63) is 35.5 Å². The summed E-state index contributed by atoms with van der Waals surface area (Å²) < 4.78 is 0. The summed E-state index contributed by atoms with van der Waals surface area (Å²) in [5.41, 5.74) is 3.35. The van der Waals surface area contributed by atoms with Gasteiger partial charge in [0.15, 0.2) is 0 Å². The summed E-state index contributed by atoms with van der Waals surface area (Å²) in [5, 5.41) is 20.0. The Morgan fingerprint density at radius 2 is 1.74 bits per heavy atom. The molecule has 3 rings (SSSR count). The SMILES string of the molecule is C=C1[C@H](O)CC(=C/C=C2/CCCC3C2CCC3C(C)C)C[C@H]1O. The van der Waals surface area contributed by atoms with E-state index in [1.165, 1.54) is 32.1 Å². The van der Waals surface area contributed by atoms with Gasteiger partial charge in [0.05, 0.1) is 12.2 Å². The number of hydrogen-bond acceptors (Lipinski definition) is 2. The fourth-order valence-electron chi connectivity index (χ4n) is 5.16. The highest BCUT2D eigenvalue weighted by Gasteiger charge is 2.40. The molecule has 0 aromatic heterocycles. The quantitative estimate of drug-likeness (QED) is 0.742. The second-order valence-corrected chi connectivity index (χ2v) is 8.23. The lowest BCUT2D eigenvalue weighted by Crippen LogP contribution is -2.28. The van der Waals surface area contributed by atoms with Crippen LogP contribution in [0.4, 0.5) is 0 Å². The van der Waals surface area contributed by atoms with Crippen molar-refractivity contribution in [3.63, 3.8) is 0 Å². The molecule has 2 heteroatoms. The third-order valence-electron chi connectivity index (χ3n) is 6.51. The molecule has 0 amide bonds. The molecule has 3 aliphatic carbocycles. The second-order valence-electron chi connectivity index (χ2n) is 8.23. The highest BCUT2D eigenvalue weighted by Crippen LogP contribution is 2.50. The van der Waals surface area contributed by atoms with Gasteiger partial charge in [-0.15, -0.1) is 0 Å². The molecule has 0 saturated heterocycles. The zero-order valence-corrected chi connectivity index (χ0v) is 14.7. The molecule has 0 radical (unpaired) electrons. The van der Waals surface area contributed by atoms with Crippen LogP contribution in [0.1, 0.15) is 58.8 Å². The minimum Gasteiger partial charge on any atom is -0.388 e. The highest BCUT2D eigenvalue weighted by molar-refractivity contribution is 5.28. The third-order valence-corrected chi connectivity index (χ3v) is 6.51. The normalized spacial score (nSPS) is 39.9. The Morgan fingerprint density at radius 3 is 2.39 bits per heavy atom. The van der Waals surface area contributed by atoms with Gasteiger partial charge in [0.1, 0.15) is 0 Å². The van der Waals surface area contributed by atoms with E-state index in [0.717, 1.165) is 29.2 Å². The molecule has 3 aliphatic rings. The van der Waals surface area contributed by atoms with E-state index in [9.17, 15) is 10.2 Å². The first-order valence-electron chi connectivity index (χ1n) is 9.40. The number of hydrogen-bond donors (Lipinski definition) is 2. The molecule has 3 saturated carbocycles. The Hall–Kier alpha value is -0.860. The Balaban J connectivity index is 1.72. The van der Waals surface area contributed by atoms with Gasteiger partial charge in [0.25, 0.3) is 0 Å². The Kier molecular flexibility index (Phi) is 5.13. The highest BCUT2D eigenvalue weighted by atomic mass is 16.3. The minimum absolute atomic E-state index is 0.572. The number of aliphatic hydroxyl groups excluding tert-OH is 2. The van der Waals surface area contributed by atoms with E-state index in [0.29, 0.717) is 18.4 Å². The summed E-state index contributed by atoms with van der Waals surface area (Å²) in [6.07, 6.45) is 11.3. The van der Waals surface area contributed by atoms with E-state index in [1.807, 2.05) is 0 Å². The van der Waals surface area contributed by atoms with Gasteiger partial charge in [0.2, 0.25) is 0 Å². The van der Waals surface area contributed by atoms with Crippen molar-refractivity contribution in [1.82, 2.24) is 0 Å². The fraction of sp³-hybridized carbons (Fsp3) is 0.714. The van der Waals surface area contributed by atoms with Crippen molar-refractivity contribution in [3.8, 4) is 0 Å². The molecule has 3 fully saturated rings. The molecule has 2 N–H and O–H groups in total. The van der Waals surface area contributed by atoms with Gasteiger partial charge in [-0.3, -0.25) is 0 Å². The second kappa shape index (κ2) is 6.94. The molecule has 0 aliphatic heterocycles. The van der Waals surface area contributed by atoms with Gasteiger partial charge in [-0.25, -0.2) is 0 Å². The Labute approximate surface area is 141 Å². The van der Waals surface area contributed by atoms with Gasteiger partial charge in [-0.2, -0.15) is 0 Å². The average molecular weight is 316 g/mol. The first-order valence-corrected chi connectivity index (χ1v) is 9.40. The van der Waals surface area contributed by atoms with Crippen LogP contribution < -0.4 is 0 Å². The van der Waals surface area contributed by atoms with Crippen LogP contribution in [0.2, 0.25) is 0 Å². The van der Waals surface area contributed by atoms with Crippen LogP contribution in [0.5, 0.6) is 0 Å². The lowest BCUT2D eigenvalue weighted by atomic mass is 9.72. The van der Waals surface area contributed by atoms with Crippen LogP contribution in [0.15, 0.2) is 35.5 Å². The van der Waals surface area contributed by atoms with E-state index >= 15 is 0 Å². The first-order chi connectivity index (χ1) is 11.0. The molecule has 0 aromatic carbocycles. The number of allylic oxidation sites excluding steroid dienone is 3. The van der Waals surface area contributed by atoms with Crippen LogP contribution >= 0.6 is 0 Å². The predicted molar refractivity (Wildman–Crippen MR) is 94.9 cm³/mol. The maximum atomic E-state index is 9.98. The Bertz CT molecular complexity index is 498. The van der Waals surface area contributed by atoms with Gasteiger partial charge >= 0.3 is 0 Å². The molecular weight excluding hydrogens is 284 g/mol. The largest absolute Gasteiger partial charge is 0.388 e. The monoisotopic (exact) mass is 316 g/mol. The van der Waals surface area contributed by atoms with Crippen LogP contribution in [0.25, 0.3) is 0 Å². The minimum atomic E-state index is -0.584. The van der Waals surface area contributed by atoms with Crippen molar-refractivity contribution in [2.75, 3.05) is 0 Å². The molecule has 2 nitrogen and oxygen atoms in total. The zero-order valence-electron chi connectivity index (χ0n) is 14.7. The summed E-state index contributed by atoms with van der Waals surface area (Å²) in [6, 6.07) is 0. The van der Waals surface area contributed by atoms with Crippen LogP contribution in [-0.4, -0.2) is 22.4 Å². The van der Waals surface area contributed by atoms with E-state index in [1.54, 1.807) is 5.57 Å². The molecule has 3 unspecified atom stereocenters. The van der Waals surface area contributed by atoms with Crippen molar-refractivity contribution < 1.29 is 10.2 Å². The predicted octanol–water partition coefficient (Wildman–Crippen LogP) is 4.39. The van der Waals surface area contributed by atoms with Gasteiger partial charge in [-0.05, 0) is 74.2 Å². The van der Waals surface area contributed by atoms with Crippen molar-refractivity contribution >= 4 is 0 Å². The average Bonchev–Trinajstić information content (AvgIpc) is 2.95. The molecule has 0 spiro atoms. The third kappa shape index (κ3) is 3.49. The van der Waals surface area contributed by atoms with Crippen molar-refractivity contribution in [1.29, 1.82) is 0 Å². The molecule has 0 aromatic rings. The molecule has 128 valence electrons. The summed E-state index contributed by atoms with van der Waals surface area (Å²) in [7, 11) is 0. The summed E-state index contributed by atoms with van der Waals surface area (Å²) in [5.74, 6) is 3.37. The zero-order chi connectivity index (χ0) is 16.6. The molecule has 0 heterocycles. The lowest BCUT2D eigenvalue weighted by Gasteiger charge is -2.33. The van der Waals surface area contributed by atoms with Gasteiger partial charge in [-0.1, -0.05) is 43.7 Å². The van der Waals surface area contributed by atoms with E-state index in [-0.39, 0.29) is 0 Å². The summed E-state index contributed by atoms with van der Waals surface area (Å²) in [6.45, 7) is 8.55. The van der Waals surface area contributed by atoms with Crippen molar-refractivity contribution in [2.24, 2.45) is 23.7 Å². The molecule has 5 atom stereocenters. The van der Waals surface area contributed by atoms with Gasteiger partial charge in [0, 0.05) is 0 Å². The van der Waals surface area contributed by atoms with Crippen LogP contribution in [-0.2, 0) is 0 Å². The number of aliphatic hydroxyl groups is 2. The first kappa shape index (κ1) is 17.0. The van der Waals surface area contributed by atoms with Crippen LogP contribution in [0, 0.1) is 23.7 Å². The van der Waals surface area contributed by atoms with E-state index in [2.05, 4.69) is 32.6 Å². The number of rotatable bonds is 2. The summed E-state index contributed by atoms with van der Waals surface area (Å²) in [4.78, 5) is 0. The summed E-state index contributed by atoms with van der Waals surface area (Å²) >= 11 is 0.